The number of aliphatic hydroxyl groups excluding tert-OH is 1. The maximum atomic E-state index is 11.8. The third-order valence-electron chi connectivity index (χ3n) is 2.11. The number of nitrogens with one attached hydrogen (secondary N) is 1. The van der Waals surface area contributed by atoms with Gasteiger partial charge in [0.25, 0.3) is 0 Å². The Bertz CT molecular complexity index is 513. The summed E-state index contributed by atoms with van der Waals surface area (Å²) in [6, 6.07) is 5.29. The molecule has 1 aromatic heterocycles. The highest BCUT2D eigenvalue weighted by Gasteiger charge is 2.13. The van der Waals surface area contributed by atoms with E-state index < -0.39 is 0 Å². The van der Waals surface area contributed by atoms with Gasteiger partial charge in [-0.15, -0.1) is 11.8 Å². The normalized spacial score (nSPS) is 10.6. The van der Waals surface area contributed by atoms with E-state index in [0.29, 0.717) is 23.7 Å². The minimum absolute atomic E-state index is 0.0352. The first-order valence-corrected chi connectivity index (χ1v) is 7.40. The summed E-state index contributed by atoms with van der Waals surface area (Å²) in [7, 11) is 0. The largest absolute Gasteiger partial charge is 0.395 e. The molecule has 1 amide bonds. The first kappa shape index (κ1) is 16.5. The number of pyridine rings is 1. The van der Waals surface area contributed by atoms with E-state index in [0.717, 1.165) is 0 Å². The fourth-order valence-electron chi connectivity index (χ4n) is 1.24. The number of aliphatic hydroxyl groups is 1. The Kier molecular flexibility index (Phi) is 6.56. The molecule has 0 saturated heterocycles. The van der Waals surface area contributed by atoms with Crippen LogP contribution < -0.4 is 5.32 Å². The van der Waals surface area contributed by atoms with Crippen molar-refractivity contribution in [3.63, 3.8) is 0 Å². The van der Waals surface area contributed by atoms with Crippen LogP contribution in [0.1, 0.15) is 32.9 Å². The van der Waals surface area contributed by atoms with E-state index in [-0.39, 0.29) is 17.3 Å². The van der Waals surface area contributed by atoms with Crippen molar-refractivity contribution in [2.24, 2.45) is 0 Å². The van der Waals surface area contributed by atoms with Crippen LogP contribution in [0.3, 0.4) is 0 Å². The minimum Gasteiger partial charge on any atom is -0.395 e. The van der Waals surface area contributed by atoms with Crippen molar-refractivity contribution in [3.05, 3.63) is 23.9 Å². The summed E-state index contributed by atoms with van der Waals surface area (Å²) >= 11 is 1.59. The smallest absolute Gasteiger partial charge is 0.235 e. The Balaban J connectivity index is 2.58. The Hall–Kier alpha value is -1.51. The molecule has 1 heterocycles. The van der Waals surface area contributed by atoms with Gasteiger partial charge in [0, 0.05) is 11.2 Å². The zero-order valence-corrected chi connectivity index (χ0v) is 12.9. The molecule has 0 bridgehead atoms. The molecule has 0 aliphatic rings. The van der Waals surface area contributed by atoms with Crippen molar-refractivity contribution >= 4 is 23.5 Å². The lowest BCUT2D eigenvalue weighted by Crippen LogP contribution is -2.19. The molecule has 4 nitrogen and oxygen atoms in total. The number of hydrogen-bond donors (Lipinski definition) is 2. The Morgan fingerprint density at radius 3 is 2.85 bits per heavy atom. The monoisotopic (exact) mass is 292 g/mol. The number of anilines is 1. The fourth-order valence-corrected chi connectivity index (χ4v) is 1.88. The van der Waals surface area contributed by atoms with Gasteiger partial charge in [-0.25, -0.2) is 4.98 Å². The Morgan fingerprint density at radius 2 is 2.20 bits per heavy atom. The molecule has 20 heavy (non-hydrogen) atoms. The number of carbonyl (C=O) groups excluding carboxylic acids is 1. The van der Waals surface area contributed by atoms with Crippen LogP contribution in [-0.2, 0) is 4.79 Å². The van der Waals surface area contributed by atoms with Crippen molar-refractivity contribution in [1.82, 2.24) is 4.98 Å². The van der Waals surface area contributed by atoms with Crippen molar-refractivity contribution in [1.29, 1.82) is 0 Å². The number of nitrogens with zero attached hydrogens (tertiary/aromatic N) is 1. The number of carbonyl (C=O) groups is 1. The summed E-state index contributed by atoms with van der Waals surface area (Å²) in [5.41, 5.74) is 0.583. The van der Waals surface area contributed by atoms with Crippen LogP contribution in [0.25, 0.3) is 0 Å². The standard InChI is InChI=1S/C15H20N2O2S/c1-15(2,3)20-11-14(19)17-13-9-6-8-12(16-13)7-4-5-10-18/h6,8-9,18H,5,10-11H2,1-3H3,(H,16,17,19). The van der Waals surface area contributed by atoms with Crippen LogP contribution >= 0.6 is 11.8 Å². The van der Waals surface area contributed by atoms with Gasteiger partial charge in [0.2, 0.25) is 5.91 Å². The number of aromatic nitrogens is 1. The number of rotatable bonds is 4. The summed E-state index contributed by atoms with van der Waals surface area (Å²) in [5.74, 6) is 6.46. The second kappa shape index (κ2) is 7.93. The Labute approximate surface area is 124 Å². The maximum Gasteiger partial charge on any atom is 0.235 e. The van der Waals surface area contributed by atoms with E-state index in [1.807, 2.05) is 0 Å². The molecular formula is C15H20N2O2S. The molecule has 108 valence electrons. The summed E-state index contributed by atoms with van der Waals surface area (Å²) in [6.07, 6.45) is 0.417. The Morgan fingerprint density at radius 1 is 1.45 bits per heavy atom. The zero-order valence-electron chi connectivity index (χ0n) is 12.1. The summed E-state index contributed by atoms with van der Waals surface area (Å²) < 4.78 is 0.0579. The maximum absolute atomic E-state index is 11.8. The van der Waals surface area contributed by atoms with Crippen molar-refractivity contribution in [2.75, 3.05) is 17.7 Å². The van der Waals surface area contributed by atoms with Crippen molar-refractivity contribution in [3.8, 4) is 11.8 Å². The van der Waals surface area contributed by atoms with E-state index in [2.05, 4.69) is 42.9 Å². The predicted octanol–water partition coefficient (Wildman–Crippen LogP) is 2.29. The van der Waals surface area contributed by atoms with Crippen LogP contribution in [0.5, 0.6) is 0 Å². The molecule has 0 unspecified atom stereocenters. The predicted molar refractivity (Wildman–Crippen MR) is 83.7 cm³/mol. The average Bonchev–Trinajstić information content (AvgIpc) is 2.36. The molecule has 1 aromatic rings. The minimum atomic E-state index is -0.0714. The summed E-state index contributed by atoms with van der Waals surface area (Å²) in [5, 5.41) is 11.4. The van der Waals surface area contributed by atoms with E-state index >= 15 is 0 Å². The molecule has 0 spiro atoms. The third-order valence-corrected chi connectivity index (χ3v) is 3.38. The van der Waals surface area contributed by atoms with Crippen molar-refractivity contribution in [2.45, 2.75) is 31.9 Å². The first-order chi connectivity index (χ1) is 9.40. The molecule has 0 atom stereocenters. The van der Waals surface area contributed by atoms with Gasteiger partial charge >= 0.3 is 0 Å². The van der Waals surface area contributed by atoms with Gasteiger partial charge < -0.3 is 10.4 Å². The lowest BCUT2D eigenvalue weighted by molar-refractivity contribution is -0.113. The zero-order chi connectivity index (χ0) is 15.0. The summed E-state index contributed by atoms with van der Waals surface area (Å²) in [4.78, 5) is 16.0. The molecular weight excluding hydrogens is 272 g/mol. The van der Waals surface area contributed by atoms with Crippen LogP contribution in [0.2, 0.25) is 0 Å². The third kappa shape index (κ3) is 7.17. The van der Waals surface area contributed by atoms with Gasteiger partial charge in [-0.05, 0) is 18.1 Å². The second-order valence-electron chi connectivity index (χ2n) is 5.13. The fraction of sp³-hybridized carbons (Fsp3) is 0.467. The van der Waals surface area contributed by atoms with Gasteiger partial charge in [0.1, 0.15) is 11.5 Å². The molecule has 1 rings (SSSR count). The van der Waals surface area contributed by atoms with Crippen LogP contribution in [0.4, 0.5) is 5.82 Å². The SMILES string of the molecule is CC(C)(C)SCC(=O)Nc1cccc(C#CCCO)n1. The number of amides is 1. The van der Waals surface area contributed by atoms with E-state index in [1.54, 1.807) is 30.0 Å². The van der Waals surface area contributed by atoms with Gasteiger partial charge in [-0.2, -0.15) is 0 Å². The molecule has 0 fully saturated rings. The topological polar surface area (TPSA) is 62.2 Å². The first-order valence-electron chi connectivity index (χ1n) is 6.41. The lowest BCUT2D eigenvalue weighted by atomic mass is 10.3. The van der Waals surface area contributed by atoms with Gasteiger partial charge in [-0.1, -0.05) is 32.8 Å². The van der Waals surface area contributed by atoms with Gasteiger partial charge in [0.05, 0.1) is 12.4 Å². The average molecular weight is 292 g/mol. The number of hydrogen-bond acceptors (Lipinski definition) is 4. The quantitative estimate of drug-likeness (QED) is 0.836. The van der Waals surface area contributed by atoms with Gasteiger partial charge in [0.15, 0.2) is 0 Å². The molecule has 0 radical (unpaired) electrons. The van der Waals surface area contributed by atoms with Gasteiger partial charge in [-0.3, -0.25) is 4.79 Å². The highest BCUT2D eigenvalue weighted by atomic mass is 32.2. The van der Waals surface area contributed by atoms with Crippen LogP contribution in [0.15, 0.2) is 18.2 Å². The molecule has 0 aliphatic heterocycles. The summed E-state index contributed by atoms with van der Waals surface area (Å²) in [6.45, 7) is 6.25. The van der Waals surface area contributed by atoms with E-state index in [4.69, 9.17) is 5.11 Å². The molecule has 5 heteroatoms. The lowest BCUT2D eigenvalue weighted by Gasteiger charge is -2.16. The van der Waals surface area contributed by atoms with Crippen molar-refractivity contribution < 1.29 is 9.90 Å². The second-order valence-corrected chi connectivity index (χ2v) is 6.93. The highest BCUT2D eigenvalue weighted by Crippen LogP contribution is 2.22. The highest BCUT2D eigenvalue weighted by molar-refractivity contribution is 8.01. The van der Waals surface area contributed by atoms with E-state index in [1.165, 1.54) is 0 Å². The molecule has 0 aliphatic carbocycles. The van der Waals surface area contributed by atoms with E-state index in [9.17, 15) is 4.79 Å². The number of thioether (sulfide) groups is 1. The van der Waals surface area contributed by atoms with Crippen LogP contribution in [-0.4, -0.2) is 33.1 Å². The molecule has 0 saturated carbocycles. The molecule has 0 aromatic carbocycles. The molecule has 2 N–H and O–H groups in total. The van der Waals surface area contributed by atoms with Crippen LogP contribution in [0, 0.1) is 11.8 Å².